The van der Waals surface area contributed by atoms with Crippen molar-refractivity contribution in [1.29, 1.82) is 0 Å². The Bertz CT molecular complexity index is 1020. The van der Waals surface area contributed by atoms with Gasteiger partial charge in [-0.1, -0.05) is 48.5 Å². The van der Waals surface area contributed by atoms with E-state index in [1.54, 1.807) is 0 Å². The van der Waals surface area contributed by atoms with Crippen molar-refractivity contribution >= 4 is 45.3 Å². The Morgan fingerprint density at radius 1 is 0.833 bits per heavy atom. The summed E-state index contributed by atoms with van der Waals surface area (Å²) >= 11 is 6.00. The number of para-hydroxylation sites is 1. The molecule has 0 aliphatic carbocycles. The molecule has 0 radical (unpaired) electrons. The maximum Gasteiger partial charge on any atom is 0.0637 e. The van der Waals surface area contributed by atoms with Crippen LogP contribution in [0.15, 0.2) is 77.8 Å². The SMILES string of the molecule is ClCCn1c2ccccc2c2cc(N=Cc3ccccc3)ccc21. The van der Waals surface area contributed by atoms with Gasteiger partial charge in [0.15, 0.2) is 0 Å². The maximum atomic E-state index is 6.00. The van der Waals surface area contributed by atoms with E-state index in [9.17, 15) is 0 Å². The molecule has 0 saturated carbocycles. The Labute approximate surface area is 146 Å². The molecule has 4 aromatic rings. The molecular weight excluding hydrogens is 316 g/mol. The zero-order valence-electron chi connectivity index (χ0n) is 13.2. The third-order valence-electron chi connectivity index (χ3n) is 4.23. The summed E-state index contributed by atoms with van der Waals surface area (Å²) in [6.45, 7) is 0.804. The van der Waals surface area contributed by atoms with E-state index in [-0.39, 0.29) is 0 Å². The van der Waals surface area contributed by atoms with Crippen molar-refractivity contribution in [3.8, 4) is 0 Å². The molecule has 2 nitrogen and oxygen atoms in total. The summed E-state index contributed by atoms with van der Waals surface area (Å²) in [4.78, 5) is 4.63. The number of halogens is 1. The van der Waals surface area contributed by atoms with Crippen molar-refractivity contribution in [3.63, 3.8) is 0 Å². The van der Waals surface area contributed by atoms with E-state index in [4.69, 9.17) is 11.6 Å². The first-order valence-corrected chi connectivity index (χ1v) is 8.56. The molecule has 3 heteroatoms. The number of aryl methyl sites for hydroxylation is 1. The summed E-state index contributed by atoms with van der Waals surface area (Å²) in [5, 5.41) is 2.47. The average Bonchev–Trinajstić information content (AvgIpc) is 2.95. The smallest absolute Gasteiger partial charge is 0.0637 e. The van der Waals surface area contributed by atoms with Gasteiger partial charge in [0, 0.05) is 40.4 Å². The van der Waals surface area contributed by atoms with Crippen molar-refractivity contribution in [2.75, 3.05) is 5.88 Å². The molecule has 0 fully saturated rings. The fourth-order valence-electron chi connectivity index (χ4n) is 3.14. The van der Waals surface area contributed by atoms with E-state index < -0.39 is 0 Å². The topological polar surface area (TPSA) is 17.3 Å². The van der Waals surface area contributed by atoms with Gasteiger partial charge in [0.05, 0.1) is 5.69 Å². The molecule has 0 saturated heterocycles. The Morgan fingerprint density at radius 2 is 1.58 bits per heavy atom. The molecule has 4 rings (SSSR count). The Kier molecular flexibility index (Phi) is 4.06. The van der Waals surface area contributed by atoms with Crippen LogP contribution < -0.4 is 0 Å². The molecule has 0 bridgehead atoms. The minimum atomic E-state index is 0.599. The second-order valence-electron chi connectivity index (χ2n) is 5.73. The number of benzene rings is 3. The Balaban J connectivity index is 1.83. The van der Waals surface area contributed by atoms with Crippen molar-refractivity contribution in [2.24, 2.45) is 4.99 Å². The van der Waals surface area contributed by atoms with Crippen molar-refractivity contribution < 1.29 is 0 Å². The monoisotopic (exact) mass is 332 g/mol. The largest absolute Gasteiger partial charge is 0.339 e. The van der Waals surface area contributed by atoms with E-state index in [1.165, 1.54) is 21.8 Å². The molecule has 0 unspecified atom stereocenters. The number of nitrogens with zero attached hydrogens (tertiary/aromatic N) is 2. The number of alkyl halides is 1. The predicted octanol–water partition coefficient (Wildman–Crippen LogP) is 5.78. The van der Waals surface area contributed by atoms with Gasteiger partial charge in [-0.15, -0.1) is 11.6 Å². The highest BCUT2D eigenvalue weighted by Gasteiger charge is 2.10. The number of fused-ring (bicyclic) bond motifs is 3. The molecular formula is C21H17ClN2. The van der Waals surface area contributed by atoms with Crippen LogP contribution in [0.25, 0.3) is 21.8 Å². The first kappa shape index (κ1) is 15.0. The molecule has 0 spiro atoms. The van der Waals surface area contributed by atoms with Crippen LogP contribution in [0.2, 0.25) is 0 Å². The van der Waals surface area contributed by atoms with Gasteiger partial charge in [0.25, 0.3) is 0 Å². The molecule has 0 aliphatic heterocycles. The molecule has 0 aliphatic rings. The number of aliphatic imine (C=N–C) groups is 1. The van der Waals surface area contributed by atoms with E-state index in [0.29, 0.717) is 5.88 Å². The number of hydrogen-bond donors (Lipinski definition) is 0. The standard InChI is InChI=1S/C21H17ClN2/c22-12-13-24-20-9-5-4-8-18(20)19-14-17(10-11-21(19)24)23-15-16-6-2-1-3-7-16/h1-11,14-15H,12-13H2. The zero-order valence-corrected chi connectivity index (χ0v) is 13.9. The molecule has 1 aromatic heterocycles. The molecule has 0 amide bonds. The quantitative estimate of drug-likeness (QED) is 0.333. The Hall–Kier alpha value is -2.58. The first-order chi connectivity index (χ1) is 11.9. The number of rotatable bonds is 4. The predicted molar refractivity (Wildman–Crippen MR) is 104 cm³/mol. The van der Waals surface area contributed by atoms with Crippen LogP contribution in [0, 0.1) is 0 Å². The van der Waals surface area contributed by atoms with Gasteiger partial charge in [-0.3, -0.25) is 4.99 Å². The van der Waals surface area contributed by atoms with Crippen LogP contribution in [-0.4, -0.2) is 16.7 Å². The van der Waals surface area contributed by atoms with Crippen molar-refractivity contribution in [1.82, 2.24) is 4.57 Å². The van der Waals surface area contributed by atoms with Gasteiger partial charge in [-0.05, 0) is 29.8 Å². The summed E-state index contributed by atoms with van der Waals surface area (Å²) in [5.41, 5.74) is 4.48. The van der Waals surface area contributed by atoms with Crippen LogP contribution >= 0.6 is 11.6 Å². The maximum absolute atomic E-state index is 6.00. The van der Waals surface area contributed by atoms with Crippen LogP contribution in [-0.2, 0) is 6.54 Å². The lowest BCUT2D eigenvalue weighted by molar-refractivity contribution is 0.834. The van der Waals surface area contributed by atoms with E-state index in [2.05, 4.69) is 52.0 Å². The summed E-state index contributed by atoms with van der Waals surface area (Å²) in [5.74, 6) is 0.599. The molecule has 0 N–H and O–H groups in total. The van der Waals surface area contributed by atoms with Crippen molar-refractivity contribution in [3.05, 3.63) is 78.4 Å². The van der Waals surface area contributed by atoms with E-state index >= 15 is 0 Å². The van der Waals surface area contributed by atoms with Gasteiger partial charge >= 0.3 is 0 Å². The summed E-state index contributed by atoms with van der Waals surface area (Å²) in [6.07, 6.45) is 1.90. The minimum absolute atomic E-state index is 0.599. The summed E-state index contributed by atoms with van der Waals surface area (Å²) < 4.78 is 2.28. The summed E-state index contributed by atoms with van der Waals surface area (Å²) in [6, 6.07) is 25.0. The molecule has 1 heterocycles. The fraction of sp³-hybridized carbons (Fsp3) is 0.0952. The van der Waals surface area contributed by atoms with Crippen LogP contribution in [0.3, 0.4) is 0 Å². The first-order valence-electron chi connectivity index (χ1n) is 8.03. The lowest BCUT2D eigenvalue weighted by Gasteiger charge is -2.04. The Morgan fingerprint density at radius 3 is 2.42 bits per heavy atom. The molecule has 3 aromatic carbocycles. The molecule has 0 atom stereocenters. The molecule has 118 valence electrons. The van der Waals surface area contributed by atoms with Gasteiger partial charge in [0.1, 0.15) is 0 Å². The second kappa shape index (κ2) is 6.50. The highest BCUT2D eigenvalue weighted by molar-refractivity contribution is 6.18. The van der Waals surface area contributed by atoms with Gasteiger partial charge in [-0.25, -0.2) is 0 Å². The van der Waals surface area contributed by atoms with Gasteiger partial charge in [-0.2, -0.15) is 0 Å². The number of hydrogen-bond acceptors (Lipinski definition) is 1. The fourth-order valence-corrected chi connectivity index (χ4v) is 3.30. The van der Waals surface area contributed by atoms with Crippen LogP contribution in [0.4, 0.5) is 5.69 Å². The van der Waals surface area contributed by atoms with Crippen LogP contribution in [0.5, 0.6) is 0 Å². The second-order valence-corrected chi connectivity index (χ2v) is 6.11. The van der Waals surface area contributed by atoms with E-state index in [1.807, 2.05) is 36.5 Å². The number of aromatic nitrogens is 1. The highest BCUT2D eigenvalue weighted by Crippen LogP contribution is 2.31. The normalized spacial score (nSPS) is 11.7. The third kappa shape index (κ3) is 2.70. The van der Waals surface area contributed by atoms with Gasteiger partial charge in [0.2, 0.25) is 0 Å². The third-order valence-corrected chi connectivity index (χ3v) is 4.40. The van der Waals surface area contributed by atoms with E-state index in [0.717, 1.165) is 17.8 Å². The highest BCUT2D eigenvalue weighted by atomic mass is 35.5. The average molecular weight is 333 g/mol. The lowest BCUT2D eigenvalue weighted by Crippen LogP contribution is -1.97. The molecule has 24 heavy (non-hydrogen) atoms. The van der Waals surface area contributed by atoms with Crippen LogP contribution in [0.1, 0.15) is 5.56 Å². The summed E-state index contributed by atoms with van der Waals surface area (Å²) in [7, 11) is 0. The lowest BCUT2D eigenvalue weighted by atomic mass is 10.1. The van der Waals surface area contributed by atoms with Gasteiger partial charge < -0.3 is 4.57 Å². The minimum Gasteiger partial charge on any atom is -0.339 e. The zero-order chi connectivity index (χ0) is 16.4. The van der Waals surface area contributed by atoms with Crippen molar-refractivity contribution in [2.45, 2.75) is 6.54 Å².